The Morgan fingerprint density at radius 2 is 1.81 bits per heavy atom. The van der Waals surface area contributed by atoms with E-state index >= 15 is 0 Å². The van der Waals surface area contributed by atoms with Gasteiger partial charge in [0.2, 0.25) is 0 Å². The number of anilines is 1. The summed E-state index contributed by atoms with van der Waals surface area (Å²) in [4.78, 5) is 4.21. The monoisotopic (exact) mass is 363 g/mol. The molecule has 1 fully saturated rings. The van der Waals surface area contributed by atoms with Crippen LogP contribution in [0.3, 0.4) is 0 Å². The van der Waals surface area contributed by atoms with Crippen LogP contribution in [0.2, 0.25) is 0 Å². The summed E-state index contributed by atoms with van der Waals surface area (Å²) in [7, 11) is 0. The standard InChI is InChI=1S/C21H21N3OS/c1-2-6-19(7-3-1)25-20-10-8-17(9-11-20)23-14-18-15-26-21(24-18)16-5-4-12-22-13-16/h1-13,18,21,23-24H,14-15H2. The van der Waals surface area contributed by atoms with Crippen LogP contribution in [0.1, 0.15) is 10.9 Å². The van der Waals surface area contributed by atoms with Crippen molar-refractivity contribution in [3.8, 4) is 11.5 Å². The van der Waals surface area contributed by atoms with Gasteiger partial charge in [-0.25, -0.2) is 0 Å². The van der Waals surface area contributed by atoms with Crippen molar-refractivity contribution in [2.75, 3.05) is 17.6 Å². The molecule has 3 aromatic rings. The molecule has 0 spiro atoms. The summed E-state index contributed by atoms with van der Waals surface area (Å²) >= 11 is 1.93. The minimum absolute atomic E-state index is 0.331. The number of hydrogen-bond donors (Lipinski definition) is 2. The number of ether oxygens (including phenoxy) is 1. The fourth-order valence-electron chi connectivity index (χ4n) is 2.87. The Hall–Kier alpha value is -2.50. The van der Waals surface area contributed by atoms with E-state index in [-0.39, 0.29) is 0 Å². The molecule has 1 aliphatic heterocycles. The first-order chi connectivity index (χ1) is 12.9. The number of thioether (sulfide) groups is 1. The second-order valence-corrected chi connectivity index (χ2v) is 7.32. The molecule has 4 nitrogen and oxygen atoms in total. The minimum atomic E-state index is 0.331. The molecule has 0 aliphatic carbocycles. The maximum atomic E-state index is 5.82. The van der Waals surface area contributed by atoms with Crippen LogP contribution in [0.5, 0.6) is 11.5 Å². The lowest BCUT2D eigenvalue weighted by Gasteiger charge is -2.15. The quantitative estimate of drug-likeness (QED) is 0.665. The van der Waals surface area contributed by atoms with E-state index in [1.54, 1.807) is 0 Å². The zero-order valence-corrected chi connectivity index (χ0v) is 15.2. The van der Waals surface area contributed by atoms with Gasteiger partial charge in [0, 0.05) is 36.4 Å². The number of aromatic nitrogens is 1. The van der Waals surface area contributed by atoms with Crippen molar-refractivity contribution in [3.63, 3.8) is 0 Å². The summed E-state index contributed by atoms with van der Waals surface area (Å²) in [5.41, 5.74) is 2.34. The highest BCUT2D eigenvalue weighted by Gasteiger charge is 2.25. The zero-order valence-electron chi connectivity index (χ0n) is 14.3. The number of nitrogens with zero attached hydrogens (tertiary/aromatic N) is 1. The van der Waals surface area contributed by atoms with Crippen molar-refractivity contribution in [2.45, 2.75) is 11.4 Å². The Balaban J connectivity index is 1.27. The lowest BCUT2D eigenvalue weighted by atomic mass is 10.2. The van der Waals surface area contributed by atoms with Crippen LogP contribution in [0.15, 0.2) is 79.1 Å². The first-order valence-corrected chi connectivity index (χ1v) is 9.76. The van der Waals surface area contributed by atoms with E-state index in [9.17, 15) is 0 Å². The van der Waals surface area contributed by atoms with Crippen molar-refractivity contribution in [1.82, 2.24) is 10.3 Å². The Morgan fingerprint density at radius 3 is 2.58 bits per heavy atom. The molecular weight excluding hydrogens is 342 g/mol. The van der Waals surface area contributed by atoms with E-state index in [2.05, 4.69) is 33.8 Å². The average Bonchev–Trinajstić information content (AvgIpc) is 3.18. The van der Waals surface area contributed by atoms with E-state index < -0.39 is 0 Å². The fraction of sp³-hybridized carbons (Fsp3) is 0.190. The number of benzene rings is 2. The highest BCUT2D eigenvalue weighted by Crippen LogP contribution is 2.32. The molecule has 2 N–H and O–H groups in total. The van der Waals surface area contributed by atoms with Crippen molar-refractivity contribution in [3.05, 3.63) is 84.7 Å². The summed E-state index contributed by atoms with van der Waals surface area (Å²) in [5, 5.41) is 7.49. The van der Waals surface area contributed by atoms with Gasteiger partial charge in [-0.05, 0) is 48.0 Å². The van der Waals surface area contributed by atoms with E-state index in [4.69, 9.17) is 4.74 Å². The third-order valence-corrected chi connectivity index (χ3v) is 5.56. The van der Waals surface area contributed by atoms with Gasteiger partial charge in [-0.2, -0.15) is 0 Å². The molecule has 0 bridgehead atoms. The van der Waals surface area contributed by atoms with Crippen LogP contribution in [-0.2, 0) is 0 Å². The molecule has 0 saturated carbocycles. The predicted molar refractivity (Wildman–Crippen MR) is 108 cm³/mol. The highest BCUT2D eigenvalue weighted by molar-refractivity contribution is 7.99. The summed E-state index contributed by atoms with van der Waals surface area (Å²) in [6, 6.07) is 22.5. The normalized spacial score (nSPS) is 19.2. The second kappa shape index (κ2) is 8.25. The molecular formula is C21H21N3OS. The smallest absolute Gasteiger partial charge is 0.127 e. The predicted octanol–water partition coefficient (Wildman–Crippen LogP) is 4.69. The first-order valence-electron chi connectivity index (χ1n) is 8.71. The number of pyridine rings is 1. The van der Waals surface area contributed by atoms with Gasteiger partial charge in [-0.15, -0.1) is 11.8 Å². The third kappa shape index (κ3) is 4.36. The van der Waals surface area contributed by atoms with Crippen molar-refractivity contribution in [2.24, 2.45) is 0 Å². The van der Waals surface area contributed by atoms with Gasteiger partial charge < -0.3 is 10.1 Å². The Kier molecular flexibility index (Phi) is 5.38. The average molecular weight is 363 g/mol. The molecule has 0 radical (unpaired) electrons. The lowest BCUT2D eigenvalue weighted by Crippen LogP contribution is -2.32. The number of hydrogen-bond acceptors (Lipinski definition) is 5. The number of nitrogens with one attached hydrogen (secondary N) is 2. The first kappa shape index (κ1) is 16.9. The SMILES string of the molecule is c1ccc(Oc2ccc(NCC3CSC(c4cccnc4)N3)cc2)cc1. The third-order valence-electron chi connectivity index (χ3n) is 4.22. The van der Waals surface area contributed by atoms with Crippen LogP contribution in [0.25, 0.3) is 0 Å². The number of rotatable bonds is 6. The molecule has 2 heterocycles. The van der Waals surface area contributed by atoms with Gasteiger partial charge >= 0.3 is 0 Å². The Morgan fingerprint density at radius 1 is 1.00 bits per heavy atom. The molecule has 2 aromatic carbocycles. The maximum Gasteiger partial charge on any atom is 0.127 e. The van der Waals surface area contributed by atoms with Gasteiger partial charge in [0.1, 0.15) is 11.5 Å². The van der Waals surface area contributed by atoms with Crippen LogP contribution in [-0.4, -0.2) is 23.3 Å². The molecule has 2 unspecified atom stereocenters. The van der Waals surface area contributed by atoms with Gasteiger partial charge in [-0.1, -0.05) is 24.3 Å². The molecule has 1 aromatic heterocycles. The summed E-state index contributed by atoms with van der Waals surface area (Å²) in [6.07, 6.45) is 3.75. The molecule has 5 heteroatoms. The second-order valence-electron chi connectivity index (χ2n) is 6.18. The molecule has 1 saturated heterocycles. The van der Waals surface area contributed by atoms with Gasteiger partial charge in [0.15, 0.2) is 0 Å². The minimum Gasteiger partial charge on any atom is -0.457 e. The number of para-hydroxylation sites is 1. The van der Waals surface area contributed by atoms with Gasteiger partial charge in [0.05, 0.1) is 5.37 Å². The molecule has 1 aliphatic rings. The van der Waals surface area contributed by atoms with Gasteiger partial charge in [0.25, 0.3) is 0 Å². The fourth-order valence-corrected chi connectivity index (χ4v) is 4.13. The van der Waals surface area contributed by atoms with Crippen molar-refractivity contribution >= 4 is 17.4 Å². The van der Waals surface area contributed by atoms with Crippen molar-refractivity contribution in [1.29, 1.82) is 0 Å². The van der Waals surface area contributed by atoms with Crippen LogP contribution < -0.4 is 15.4 Å². The molecule has 4 rings (SSSR count). The van der Waals surface area contributed by atoms with Crippen molar-refractivity contribution < 1.29 is 4.74 Å². The van der Waals surface area contributed by atoms with E-state index in [0.29, 0.717) is 11.4 Å². The van der Waals surface area contributed by atoms with Crippen LogP contribution in [0.4, 0.5) is 5.69 Å². The molecule has 2 atom stereocenters. The maximum absolute atomic E-state index is 5.82. The van der Waals surface area contributed by atoms with Gasteiger partial charge in [-0.3, -0.25) is 10.3 Å². The lowest BCUT2D eigenvalue weighted by molar-refractivity contribution is 0.483. The Bertz CT molecular complexity index is 812. The molecule has 0 amide bonds. The molecule has 132 valence electrons. The summed E-state index contributed by atoms with van der Waals surface area (Å²) < 4.78 is 5.82. The highest BCUT2D eigenvalue weighted by atomic mass is 32.2. The topological polar surface area (TPSA) is 46.2 Å². The summed E-state index contributed by atoms with van der Waals surface area (Å²) in [6.45, 7) is 0.892. The van der Waals surface area contributed by atoms with Crippen LogP contribution >= 0.6 is 11.8 Å². The largest absolute Gasteiger partial charge is 0.457 e. The molecule has 26 heavy (non-hydrogen) atoms. The van der Waals surface area contributed by atoms with E-state index in [1.807, 2.05) is 72.7 Å². The zero-order chi connectivity index (χ0) is 17.6. The van der Waals surface area contributed by atoms with E-state index in [0.717, 1.165) is 29.5 Å². The van der Waals surface area contributed by atoms with Crippen LogP contribution in [0, 0.1) is 0 Å². The van der Waals surface area contributed by atoms with E-state index in [1.165, 1.54) is 5.56 Å². The summed E-state index contributed by atoms with van der Waals surface area (Å²) in [5.74, 6) is 2.77. The Labute approximate surface area is 158 Å².